The maximum atomic E-state index is 13.2. The van der Waals surface area contributed by atoms with E-state index in [2.05, 4.69) is 55.0 Å². The van der Waals surface area contributed by atoms with Crippen LogP contribution in [0.25, 0.3) is 0 Å². The van der Waals surface area contributed by atoms with Crippen LogP contribution in [0.15, 0.2) is 71.9 Å². The van der Waals surface area contributed by atoms with Gasteiger partial charge in [0.15, 0.2) is 0 Å². The van der Waals surface area contributed by atoms with Crippen LogP contribution in [-0.2, 0) is 19.8 Å². The molecule has 0 bridgehead atoms. The summed E-state index contributed by atoms with van der Waals surface area (Å²) in [5.41, 5.74) is 2.80. The number of aliphatic imine (C=N–C) groups is 1. The van der Waals surface area contributed by atoms with E-state index in [-0.39, 0.29) is 43.6 Å². The Kier molecular flexibility index (Phi) is 12.2. The summed E-state index contributed by atoms with van der Waals surface area (Å²) in [7, 11) is 0. The standard InChI is InChI=1S/C12H9FN2O.C10H13.ClH.Os/c13-9-5-1-2-6-10(9)15-12(16)11-7-3-4-8-14-11;1-8(2)10-6-4-9(3)5-7-10;;/h1-8H,(H,15,16);4,6-8H,1-3H3;1H;/q;-1;;+2/p-2. The van der Waals surface area contributed by atoms with E-state index in [0.717, 1.165) is 0 Å². The molecule has 3 aromatic rings. The van der Waals surface area contributed by atoms with E-state index in [1.54, 1.807) is 24.3 Å². The zero-order valence-electron chi connectivity index (χ0n) is 15.8. The fourth-order valence-electron chi connectivity index (χ4n) is 2.07. The van der Waals surface area contributed by atoms with E-state index in [4.69, 9.17) is 0 Å². The Balaban J connectivity index is 0.000000532. The van der Waals surface area contributed by atoms with Gasteiger partial charge in [-0.25, -0.2) is 4.39 Å². The molecule has 0 saturated heterocycles. The van der Waals surface area contributed by atoms with Crippen molar-refractivity contribution in [3.8, 4) is 0 Å². The number of halogens is 2. The first-order chi connectivity index (χ1) is 12.5. The van der Waals surface area contributed by atoms with Crippen molar-refractivity contribution in [2.45, 2.75) is 26.7 Å². The summed E-state index contributed by atoms with van der Waals surface area (Å²) in [5, 5.41) is 11.6. The van der Waals surface area contributed by atoms with Crippen LogP contribution in [0, 0.1) is 18.8 Å². The average Bonchev–Trinajstić information content (AvgIpc) is 2.65. The van der Waals surface area contributed by atoms with Crippen molar-refractivity contribution in [1.29, 1.82) is 0 Å². The van der Waals surface area contributed by atoms with Gasteiger partial charge in [-0.1, -0.05) is 44.9 Å². The van der Waals surface area contributed by atoms with Crippen LogP contribution in [0.5, 0.6) is 0 Å². The Morgan fingerprint density at radius 3 is 2.29 bits per heavy atom. The third-order valence-electron chi connectivity index (χ3n) is 3.62. The molecule has 0 aliphatic heterocycles. The molecule has 0 aliphatic carbocycles. The largest absolute Gasteiger partial charge is 2.00 e. The number of rotatable bonds is 3. The molecule has 0 amide bonds. The molecule has 0 saturated carbocycles. The number of hydrogen-bond donors (Lipinski definition) is 0. The molecular formula is C22H21ClFN2OOs-. The first kappa shape index (κ1) is 25.9. The van der Waals surface area contributed by atoms with Crippen LogP contribution in [0.3, 0.4) is 0 Å². The van der Waals surface area contributed by atoms with Crippen LogP contribution in [-0.4, -0.2) is 10.9 Å². The van der Waals surface area contributed by atoms with E-state index in [1.165, 1.54) is 35.5 Å². The van der Waals surface area contributed by atoms with Gasteiger partial charge >= 0.3 is 19.8 Å². The van der Waals surface area contributed by atoms with Crippen molar-refractivity contribution in [3.63, 3.8) is 0 Å². The molecule has 1 heterocycles. The summed E-state index contributed by atoms with van der Waals surface area (Å²) in [6.07, 6.45) is 1.49. The molecule has 0 atom stereocenters. The summed E-state index contributed by atoms with van der Waals surface area (Å²) in [5.74, 6) is -0.450. The van der Waals surface area contributed by atoms with Gasteiger partial charge in [0.2, 0.25) is 0 Å². The third kappa shape index (κ3) is 8.29. The van der Waals surface area contributed by atoms with Gasteiger partial charge in [0.05, 0.1) is 11.4 Å². The molecule has 1 aromatic heterocycles. The zero-order valence-corrected chi connectivity index (χ0v) is 19.1. The molecular weight excluding hydrogens is 553 g/mol. The molecule has 0 fully saturated rings. The van der Waals surface area contributed by atoms with E-state index in [9.17, 15) is 9.50 Å². The van der Waals surface area contributed by atoms with Gasteiger partial charge in [-0.3, -0.25) is 9.98 Å². The minimum absolute atomic E-state index is 0. The molecule has 0 radical (unpaired) electrons. The summed E-state index contributed by atoms with van der Waals surface area (Å²) in [6.45, 7) is 6.45. The number of aryl methyl sites for hydroxylation is 1. The molecule has 0 aliphatic rings. The van der Waals surface area contributed by atoms with Gasteiger partial charge < -0.3 is 17.5 Å². The van der Waals surface area contributed by atoms with Gasteiger partial charge in [-0.15, -0.1) is 0 Å². The maximum Gasteiger partial charge on any atom is 2.00 e. The quantitative estimate of drug-likeness (QED) is 0.271. The molecule has 0 spiro atoms. The Labute approximate surface area is 185 Å². The summed E-state index contributed by atoms with van der Waals surface area (Å²) < 4.78 is 13.2. The van der Waals surface area contributed by atoms with Crippen molar-refractivity contribution < 1.29 is 41.7 Å². The molecule has 2 aromatic carbocycles. The summed E-state index contributed by atoms with van der Waals surface area (Å²) >= 11 is 0. The molecule has 0 N–H and O–H groups in total. The second-order valence-corrected chi connectivity index (χ2v) is 6.04. The minimum Gasteiger partial charge on any atom is -1.00 e. The first-order valence-electron chi connectivity index (χ1n) is 8.37. The molecule has 3 rings (SSSR count). The Hall–Kier alpha value is -2.08. The molecule has 0 unspecified atom stereocenters. The van der Waals surface area contributed by atoms with E-state index in [0.29, 0.717) is 5.92 Å². The van der Waals surface area contributed by atoms with Crippen molar-refractivity contribution in [1.82, 2.24) is 4.98 Å². The molecule has 3 nitrogen and oxygen atoms in total. The number of hydrogen-bond acceptors (Lipinski definition) is 3. The van der Waals surface area contributed by atoms with Crippen LogP contribution in [0.1, 0.15) is 36.6 Å². The zero-order chi connectivity index (χ0) is 18.9. The Morgan fingerprint density at radius 1 is 1.07 bits per heavy atom. The normalized spacial score (nSPS) is 10.2. The van der Waals surface area contributed by atoms with Gasteiger partial charge in [0, 0.05) is 12.1 Å². The second kappa shape index (κ2) is 13.2. The summed E-state index contributed by atoms with van der Waals surface area (Å²) in [4.78, 5) is 7.49. The fourth-order valence-corrected chi connectivity index (χ4v) is 2.07. The Bertz CT molecular complexity index is 856. The maximum absolute atomic E-state index is 13.2. The van der Waals surface area contributed by atoms with Gasteiger partial charge in [-0.2, -0.15) is 35.4 Å². The number of aromatic nitrogens is 1. The van der Waals surface area contributed by atoms with Gasteiger partial charge in [0.25, 0.3) is 0 Å². The van der Waals surface area contributed by atoms with Crippen LogP contribution >= 0.6 is 0 Å². The van der Waals surface area contributed by atoms with Crippen LogP contribution in [0.2, 0.25) is 0 Å². The SMILES string of the molecule is Cc1[c-]cc(C(C)C)cc1.[Cl-].[O-]C(=Nc1ccccc1F)c1ccccn1.[Os+2]. The van der Waals surface area contributed by atoms with Crippen molar-refractivity contribution in [2.75, 3.05) is 0 Å². The summed E-state index contributed by atoms with van der Waals surface area (Å²) in [6, 6.07) is 20.3. The van der Waals surface area contributed by atoms with E-state index < -0.39 is 11.7 Å². The van der Waals surface area contributed by atoms with Crippen LogP contribution < -0.4 is 17.5 Å². The third-order valence-corrected chi connectivity index (χ3v) is 3.62. The number of pyridine rings is 1. The predicted octanol–water partition coefficient (Wildman–Crippen LogP) is 1.58. The number of nitrogens with zero attached hydrogens (tertiary/aromatic N) is 2. The molecule has 6 heteroatoms. The van der Waals surface area contributed by atoms with E-state index in [1.807, 2.05) is 0 Å². The Morgan fingerprint density at radius 2 is 1.75 bits per heavy atom. The van der Waals surface area contributed by atoms with Gasteiger partial charge in [0.1, 0.15) is 5.82 Å². The number of para-hydroxylation sites is 1. The topological polar surface area (TPSA) is 48.3 Å². The number of benzene rings is 2. The van der Waals surface area contributed by atoms with E-state index >= 15 is 0 Å². The monoisotopic (exact) mass is 575 g/mol. The van der Waals surface area contributed by atoms with Crippen molar-refractivity contribution in [2.24, 2.45) is 4.99 Å². The first-order valence-corrected chi connectivity index (χ1v) is 8.37. The fraction of sp³-hybridized carbons (Fsp3) is 0.182. The van der Waals surface area contributed by atoms with Gasteiger partial charge in [-0.05, 0) is 24.3 Å². The van der Waals surface area contributed by atoms with Crippen molar-refractivity contribution in [3.05, 3.63) is 95.6 Å². The molecule has 148 valence electrons. The minimum atomic E-state index is -0.550. The van der Waals surface area contributed by atoms with Crippen LogP contribution in [0.4, 0.5) is 10.1 Å². The molecule has 28 heavy (non-hydrogen) atoms. The van der Waals surface area contributed by atoms with Crippen molar-refractivity contribution >= 4 is 11.6 Å². The average molecular weight is 574 g/mol. The predicted molar refractivity (Wildman–Crippen MR) is 101 cm³/mol. The second-order valence-electron chi connectivity index (χ2n) is 6.04. The smallest absolute Gasteiger partial charge is 1.00 e.